The predicted octanol–water partition coefficient (Wildman–Crippen LogP) is 5.01. The van der Waals surface area contributed by atoms with Gasteiger partial charge in [0.15, 0.2) is 0 Å². The zero-order valence-electron chi connectivity index (χ0n) is 19.7. The van der Waals surface area contributed by atoms with Crippen LogP contribution in [0, 0.1) is 0 Å². The average molecular weight is 539 g/mol. The van der Waals surface area contributed by atoms with Gasteiger partial charge >= 0.3 is 37.7 Å². The van der Waals surface area contributed by atoms with E-state index >= 15 is 0 Å². The van der Waals surface area contributed by atoms with Crippen LogP contribution in [0.1, 0.15) is 37.8 Å². The number of benzene rings is 4. The Morgan fingerprint density at radius 2 is 0.914 bits per heavy atom. The Morgan fingerprint density at radius 3 is 1.23 bits per heavy atom. The SMILES string of the molecule is CCCc1ccc2ccccc2c1S(=O)(=O)[O-].CCCc1ccc2ccccc2c1S(=O)(=O)[O-].[Ca+2]. The summed E-state index contributed by atoms with van der Waals surface area (Å²) in [5, 5.41) is 2.60. The Hall–Kier alpha value is -1.52. The van der Waals surface area contributed by atoms with Gasteiger partial charge in [-0.2, -0.15) is 0 Å². The zero-order valence-corrected chi connectivity index (χ0v) is 23.6. The van der Waals surface area contributed by atoms with Crippen molar-refractivity contribution in [1.29, 1.82) is 0 Å². The maximum Gasteiger partial charge on any atom is 2.00 e. The molecule has 4 aromatic carbocycles. The zero-order chi connectivity index (χ0) is 24.9. The molecule has 0 aliphatic carbocycles. The minimum atomic E-state index is -4.43. The number of hydrogen-bond donors (Lipinski definition) is 0. The van der Waals surface area contributed by atoms with Gasteiger partial charge in [0, 0.05) is 0 Å². The number of fused-ring (bicyclic) bond motifs is 2. The van der Waals surface area contributed by atoms with Gasteiger partial charge in [0.25, 0.3) is 0 Å². The van der Waals surface area contributed by atoms with E-state index in [0.717, 1.165) is 23.6 Å². The quantitative estimate of drug-likeness (QED) is 0.252. The van der Waals surface area contributed by atoms with Crippen molar-refractivity contribution in [3.8, 4) is 0 Å². The van der Waals surface area contributed by atoms with Crippen LogP contribution in [0.3, 0.4) is 0 Å². The normalized spacial score (nSPS) is 11.5. The molecule has 9 heteroatoms. The molecule has 0 heterocycles. The van der Waals surface area contributed by atoms with Crippen LogP contribution in [0.25, 0.3) is 21.5 Å². The number of rotatable bonds is 6. The van der Waals surface area contributed by atoms with Gasteiger partial charge in [-0.05, 0) is 45.5 Å². The molecule has 0 bridgehead atoms. The molecule has 0 N–H and O–H groups in total. The first kappa shape index (κ1) is 29.7. The average Bonchev–Trinajstić information content (AvgIpc) is 2.78. The van der Waals surface area contributed by atoms with E-state index in [4.69, 9.17) is 0 Å². The standard InChI is InChI=1S/2C13H14O3S.Ca/c2*1-2-5-11-9-8-10-6-3-4-7-12(10)13(11)17(14,15)16;/h2*3-4,6-9H,2,5H2,1H3,(H,14,15,16);/q;;+2/p-2. The second-order valence-corrected chi connectivity index (χ2v) is 10.6. The molecule has 0 saturated heterocycles. The van der Waals surface area contributed by atoms with Crippen LogP contribution < -0.4 is 0 Å². The molecule has 180 valence electrons. The van der Waals surface area contributed by atoms with Crippen molar-refractivity contribution >= 4 is 79.5 Å². The van der Waals surface area contributed by atoms with Crippen molar-refractivity contribution < 1.29 is 25.9 Å². The van der Waals surface area contributed by atoms with Crippen LogP contribution in [0.2, 0.25) is 0 Å². The van der Waals surface area contributed by atoms with Crippen LogP contribution in [0.4, 0.5) is 0 Å². The summed E-state index contributed by atoms with van der Waals surface area (Å²) < 4.78 is 68.3. The summed E-state index contributed by atoms with van der Waals surface area (Å²) in [6.45, 7) is 3.91. The Morgan fingerprint density at radius 1 is 0.571 bits per heavy atom. The largest absolute Gasteiger partial charge is 2.00 e. The molecule has 0 fully saturated rings. The summed E-state index contributed by atoms with van der Waals surface area (Å²) in [7, 11) is -8.86. The summed E-state index contributed by atoms with van der Waals surface area (Å²) in [6.07, 6.45) is 2.81. The monoisotopic (exact) mass is 538 g/mol. The third-order valence-corrected chi connectivity index (χ3v) is 7.43. The van der Waals surface area contributed by atoms with Gasteiger partial charge in [-0.25, -0.2) is 16.8 Å². The molecule has 0 aliphatic rings. The van der Waals surface area contributed by atoms with E-state index in [2.05, 4.69) is 0 Å². The molecular weight excluding hydrogens is 512 g/mol. The summed E-state index contributed by atoms with van der Waals surface area (Å²) in [5.74, 6) is 0. The molecule has 0 spiro atoms. The van der Waals surface area contributed by atoms with E-state index in [-0.39, 0.29) is 47.5 Å². The molecule has 0 radical (unpaired) electrons. The Bertz CT molecular complexity index is 1410. The van der Waals surface area contributed by atoms with Gasteiger partial charge in [-0.15, -0.1) is 0 Å². The first-order valence-corrected chi connectivity index (χ1v) is 13.8. The molecule has 6 nitrogen and oxygen atoms in total. The van der Waals surface area contributed by atoms with E-state index in [1.807, 2.05) is 38.1 Å². The molecule has 0 atom stereocenters. The van der Waals surface area contributed by atoms with Crippen molar-refractivity contribution in [3.05, 3.63) is 83.9 Å². The topological polar surface area (TPSA) is 114 Å². The van der Waals surface area contributed by atoms with Crippen LogP contribution >= 0.6 is 0 Å². The molecule has 0 aliphatic heterocycles. The van der Waals surface area contributed by atoms with Crippen molar-refractivity contribution in [2.45, 2.75) is 49.3 Å². The fourth-order valence-corrected chi connectivity index (χ4v) is 5.99. The minimum absolute atomic E-state index is 0. The maximum atomic E-state index is 11.4. The van der Waals surface area contributed by atoms with Crippen LogP contribution in [-0.4, -0.2) is 63.7 Å². The number of aryl methyl sites for hydroxylation is 2. The van der Waals surface area contributed by atoms with E-state index in [1.54, 1.807) is 48.5 Å². The van der Waals surface area contributed by atoms with Crippen molar-refractivity contribution in [3.63, 3.8) is 0 Å². The van der Waals surface area contributed by atoms with Gasteiger partial charge in [0.2, 0.25) is 0 Å². The van der Waals surface area contributed by atoms with Crippen LogP contribution in [0.15, 0.2) is 82.6 Å². The molecule has 35 heavy (non-hydrogen) atoms. The van der Waals surface area contributed by atoms with Crippen molar-refractivity contribution in [1.82, 2.24) is 0 Å². The third-order valence-electron chi connectivity index (χ3n) is 5.46. The van der Waals surface area contributed by atoms with E-state index in [1.165, 1.54) is 0 Å². The molecule has 0 aromatic heterocycles. The smallest absolute Gasteiger partial charge is 0.744 e. The predicted molar refractivity (Wildman–Crippen MR) is 138 cm³/mol. The fraction of sp³-hybridized carbons (Fsp3) is 0.231. The third kappa shape index (κ3) is 7.26. The number of hydrogen-bond acceptors (Lipinski definition) is 6. The molecule has 4 aromatic rings. The van der Waals surface area contributed by atoms with Gasteiger partial charge < -0.3 is 9.11 Å². The Balaban J connectivity index is 0.000000240. The molecule has 0 saturated carbocycles. The summed E-state index contributed by atoms with van der Waals surface area (Å²) in [4.78, 5) is -0.116. The summed E-state index contributed by atoms with van der Waals surface area (Å²) in [5.41, 5.74) is 1.22. The first-order valence-electron chi connectivity index (χ1n) is 11.0. The van der Waals surface area contributed by atoms with Gasteiger partial charge in [0.1, 0.15) is 20.2 Å². The molecular formula is C26H26CaO6S2. The van der Waals surface area contributed by atoms with Gasteiger partial charge in [0.05, 0.1) is 9.79 Å². The van der Waals surface area contributed by atoms with Crippen molar-refractivity contribution in [2.75, 3.05) is 0 Å². The fourth-order valence-electron chi connectivity index (χ4n) is 4.10. The second-order valence-electron chi connectivity index (χ2n) is 7.96. The molecule has 4 rings (SSSR count). The first-order chi connectivity index (χ1) is 16.1. The summed E-state index contributed by atoms with van der Waals surface area (Å²) >= 11 is 0. The Labute approximate surface area is 236 Å². The van der Waals surface area contributed by atoms with Gasteiger partial charge in [-0.3, -0.25) is 0 Å². The minimum Gasteiger partial charge on any atom is -0.744 e. The molecule has 0 unspecified atom stereocenters. The van der Waals surface area contributed by atoms with Crippen molar-refractivity contribution in [2.24, 2.45) is 0 Å². The van der Waals surface area contributed by atoms with Gasteiger partial charge in [-0.1, -0.05) is 99.5 Å². The van der Waals surface area contributed by atoms with E-state index in [0.29, 0.717) is 34.7 Å². The van der Waals surface area contributed by atoms with Crippen LogP contribution in [0.5, 0.6) is 0 Å². The summed E-state index contributed by atoms with van der Waals surface area (Å²) in [6, 6.07) is 21.3. The molecule has 0 amide bonds. The van der Waals surface area contributed by atoms with E-state index < -0.39 is 20.2 Å². The second kappa shape index (κ2) is 12.6. The Kier molecular flexibility index (Phi) is 10.7. The van der Waals surface area contributed by atoms with Crippen LogP contribution in [-0.2, 0) is 33.1 Å². The maximum absolute atomic E-state index is 11.4. The van der Waals surface area contributed by atoms with E-state index in [9.17, 15) is 25.9 Å².